The van der Waals surface area contributed by atoms with E-state index in [1.165, 1.54) is 0 Å². The lowest BCUT2D eigenvalue weighted by molar-refractivity contribution is -0.103. The molecule has 0 radical (unpaired) electrons. The Morgan fingerprint density at radius 3 is 2.58 bits per heavy atom. The van der Waals surface area contributed by atoms with E-state index in [4.69, 9.17) is 0 Å². The fraction of sp³-hybridized carbons (Fsp3) is 0.273. The minimum absolute atomic E-state index is 0.287. The van der Waals surface area contributed by atoms with Gasteiger partial charge in [-0.15, -0.1) is 0 Å². The molecule has 1 heterocycles. The molecule has 1 N–H and O–H groups in total. The second kappa shape index (κ2) is 4.60. The predicted octanol–water partition coefficient (Wildman–Crippen LogP) is 2.55. The van der Waals surface area contributed by atoms with Gasteiger partial charge in [0.25, 0.3) is 5.56 Å². The number of alkyl halides is 4. The average molecular weight is 278 g/mol. The Kier molecular flexibility index (Phi) is 3.25. The van der Waals surface area contributed by atoms with Gasteiger partial charge in [0.2, 0.25) is 0 Å². The van der Waals surface area contributed by atoms with E-state index in [2.05, 4.69) is 9.97 Å². The SMILES string of the molecule is O=c1ccnc(C2C=CC(F)=C(C(F)(F)F)C2F)[nH]1. The summed E-state index contributed by atoms with van der Waals surface area (Å²) in [4.78, 5) is 16.8. The van der Waals surface area contributed by atoms with Crippen LogP contribution in [0.4, 0.5) is 22.0 Å². The second-order valence-electron chi connectivity index (χ2n) is 3.87. The minimum atomic E-state index is -5.12. The Labute approximate surface area is 103 Å². The van der Waals surface area contributed by atoms with Crippen molar-refractivity contribution in [3.8, 4) is 0 Å². The van der Waals surface area contributed by atoms with E-state index in [0.29, 0.717) is 6.08 Å². The normalized spacial score (nSPS) is 23.8. The zero-order valence-electron chi connectivity index (χ0n) is 9.21. The van der Waals surface area contributed by atoms with Gasteiger partial charge in [0, 0.05) is 12.3 Å². The summed E-state index contributed by atoms with van der Waals surface area (Å²) in [7, 11) is 0. The molecule has 0 aliphatic heterocycles. The van der Waals surface area contributed by atoms with Crippen molar-refractivity contribution in [2.24, 2.45) is 0 Å². The Balaban J connectivity index is 2.44. The van der Waals surface area contributed by atoms with Crippen LogP contribution in [0.2, 0.25) is 0 Å². The fourth-order valence-electron chi connectivity index (χ4n) is 1.76. The van der Waals surface area contributed by atoms with Gasteiger partial charge in [0.05, 0.1) is 5.92 Å². The molecule has 1 aromatic heterocycles. The van der Waals surface area contributed by atoms with Crippen LogP contribution in [-0.2, 0) is 0 Å². The summed E-state index contributed by atoms with van der Waals surface area (Å²) in [5, 5.41) is 0. The first-order valence-corrected chi connectivity index (χ1v) is 5.15. The highest BCUT2D eigenvalue weighted by molar-refractivity contribution is 5.36. The maximum Gasteiger partial charge on any atom is 0.418 e. The lowest BCUT2D eigenvalue weighted by Gasteiger charge is -2.24. The summed E-state index contributed by atoms with van der Waals surface area (Å²) in [6, 6.07) is 1.03. The van der Waals surface area contributed by atoms with Gasteiger partial charge >= 0.3 is 6.18 Å². The third-order valence-corrected chi connectivity index (χ3v) is 2.61. The molecular formula is C11H7F5N2O. The Morgan fingerprint density at radius 1 is 1.32 bits per heavy atom. The van der Waals surface area contributed by atoms with Crippen LogP contribution >= 0.6 is 0 Å². The van der Waals surface area contributed by atoms with Gasteiger partial charge in [0.15, 0.2) is 0 Å². The van der Waals surface area contributed by atoms with Crippen molar-refractivity contribution in [3.63, 3.8) is 0 Å². The molecule has 102 valence electrons. The summed E-state index contributed by atoms with van der Waals surface area (Å²) in [5.41, 5.74) is -2.53. The molecule has 1 aliphatic carbocycles. The van der Waals surface area contributed by atoms with E-state index < -0.39 is 35.2 Å². The van der Waals surface area contributed by atoms with Gasteiger partial charge in [-0.2, -0.15) is 13.2 Å². The highest BCUT2D eigenvalue weighted by atomic mass is 19.4. The third-order valence-electron chi connectivity index (χ3n) is 2.61. The van der Waals surface area contributed by atoms with Crippen molar-refractivity contribution in [3.05, 3.63) is 52.0 Å². The maximum absolute atomic E-state index is 13.8. The van der Waals surface area contributed by atoms with Gasteiger partial charge in [0.1, 0.15) is 23.4 Å². The lowest BCUT2D eigenvalue weighted by atomic mass is 9.90. The number of nitrogens with one attached hydrogen (secondary N) is 1. The average Bonchev–Trinajstić information content (AvgIpc) is 2.27. The lowest BCUT2D eigenvalue weighted by Crippen LogP contribution is -2.30. The van der Waals surface area contributed by atoms with Crippen LogP contribution in [0, 0.1) is 0 Å². The fourth-order valence-corrected chi connectivity index (χ4v) is 1.76. The van der Waals surface area contributed by atoms with Crippen molar-refractivity contribution in [2.75, 3.05) is 0 Å². The predicted molar refractivity (Wildman–Crippen MR) is 55.8 cm³/mol. The first kappa shape index (κ1) is 13.4. The zero-order valence-corrected chi connectivity index (χ0v) is 9.21. The molecule has 2 rings (SSSR count). The van der Waals surface area contributed by atoms with E-state index in [1.54, 1.807) is 0 Å². The summed E-state index contributed by atoms with van der Waals surface area (Å²) >= 11 is 0. The highest BCUT2D eigenvalue weighted by Gasteiger charge is 2.46. The van der Waals surface area contributed by atoms with Crippen LogP contribution in [0.25, 0.3) is 0 Å². The van der Waals surface area contributed by atoms with Gasteiger partial charge in [-0.25, -0.2) is 13.8 Å². The number of nitrogens with zero attached hydrogens (tertiary/aromatic N) is 1. The number of halogens is 5. The van der Waals surface area contributed by atoms with Crippen molar-refractivity contribution in [2.45, 2.75) is 18.3 Å². The van der Waals surface area contributed by atoms with Crippen LogP contribution in [0.3, 0.4) is 0 Å². The van der Waals surface area contributed by atoms with E-state index in [9.17, 15) is 26.7 Å². The molecule has 0 aromatic carbocycles. The standard InChI is InChI=1S/C11H7F5N2O/c12-6-2-1-5(9(13)8(6)11(14,15)16)10-17-4-3-7(19)18-10/h1-5,9H,(H,17,18,19). The molecule has 0 bridgehead atoms. The monoisotopic (exact) mass is 278 g/mol. The van der Waals surface area contributed by atoms with Crippen LogP contribution in [0.15, 0.2) is 40.6 Å². The van der Waals surface area contributed by atoms with Crippen molar-refractivity contribution in [1.29, 1.82) is 0 Å². The largest absolute Gasteiger partial charge is 0.418 e. The first-order valence-electron chi connectivity index (χ1n) is 5.15. The van der Waals surface area contributed by atoms with Crippen molar-refractivity contribution < 1.29 is 22.0 Å². The highest BCUT2D eigenvalue weighted by Crippen LogP contribution is 2.41. The number of aromatic amines is 1. The smallest absolute Gasteiger partial charge is 0.310 e. The number of hydrogen-bond donors (Lipinski definition) is 1. The number of aromatic nitrogens is 2. The van der Waals surface area contributed by atoms with E-state index in [1.807, 2.05) is 0 Å². The van der Waals surface area contributed by atoms with E-state index >= 15 is 0 Å². The summed E-state index contributed by atoms with van der Waals surface area (Å²) in [6.45, 7) is 0. The number of H-pyrrole nitrogens is 1. The van der Waals surface area contributed by atoms with Gasteiger partial charge < -0.3 is 4.98 Å². The molecule has 0 saturated carbocycles. The van der Waals surface area contributed by atoms with Gasteiger partial charge in [-0.1, -0.05) is 6.08 Å². The van der Waals surface area contributed by atoms with Gasteiger partial charge in [-0.05, 0) is 6.08 Å². The maximum atomic E-state index is 13.8. The molecule has 2 atom stereocenters. The molecule has 0 spiro atoms. The minimum Gasteiger partial charge on any atom is -0.310 e. The molecule has 1 aliphatic rings. The van der Waals surface area contributed by atoms with Crippen molar-refractivity contribution >= 4 is 0 Å². The van der Waals surface area contributed by atoms with Crippen LogP contribution in [0.5, 0.6) is 0 Å². The van der Waals surface area contributed by atoms with Crippen LogP contribution in [0.1, 0.15) is 11.7 Å². The number of hydrogen-bond acceptors (Lipinski definition) is 2. The summed E-state index contributed by atoms with van der Waals surface area (Å²) < 4.78 is 64.6. The number of allylic oxidation sites excluding steroid dienone is 4. The first-order chi connectivity index (χ1) is 8.80. The van der Waals surface area contributed by atoms with Crippen LogP contribution in [-0.4, -0.2) is 22.3 Å². The van der Waals surface area contributed by atoms with Gasteiger partial charge in [-0.3, -0.25) is 4.79 Å². The molecule has 8 heteroatoms. The summed E-state index contributed by atoms with van der Waals surface area (Å²) in [6.07, 6.45) is -5.32. The summed E-state index contributed by atoms with van der Waals surface area (Å²) in [5.74, 6) is -3.44. The molecular weight excluding hydrogens is 271 g/mol. The molecule has 19 heavy (non-hydrogen) atoms. The Morgan fingerprint density at radius 2 is 2.00 bits per heavy atom. The molecule has 2 unspecified atom stereocenters. The Hall–Kier alpha value is -1.99. The quantitative estimate of drug-likeness (QED) is 0.802. The molecule has 3 nitrogen and oxygen atoms in total. The molecule has 0 amide bonds. The Bertz CT molecular complexity index is 602. The van der Waals surface area contributed by atoms with Crippen molar-refractivity contribution in [1.82, 2.24) is 9.97 Å². The molecule has 0 saturated heterocycles. The topological polar surface area (TPSA) is 45.8 Å². The van der Waals surface area contributed by atoms with E-state index in [0.717, 1.165) is 18.3 Å². The number of rotatable bonds is 1. The zero-order chi connectivity index (χ0) is 14.2. The molecule has 0 fully saturated rings. The second-order valence-corrected chi connectivity index (χ2v) is 3.87. The molecule has 1 aromatic rings. The van der Waals surface area contributed by atoms with E-state index in [-0.39, 0.29) is 5.82 Å². The van der Waals surface area contributed by atoms with Crippen LogP contribution < -0.4 is 5.56 Å². The third kappa shape index (κ3) is 2.56.